The molecule has 160 valence electrons. The number of morpholine rings is 1. The van der Waals surface area contributed by atoms with Crippen molar-refractivity contribution >= 4 is 12.0 Å². The largest absolute Gasteiger partial charge is 0.497 e. The van der Waals surface area contributed by atoms with E-state index in [1.807, 2.05) is 31.2 Å². The maximum atomic E-state index is 12.4. The van der Waals surface area contributed by atoms with Gasteiger partial charge in [0.1, 0.15) is 11.5 Å². The van der Waals surface area contributed by atoms with Gasteiger partial charge in [-0.25, -0.2) is 9.78 Å². The number of methoxy groups -OCH3 is 1. The summed E-state index contributed by atoms with van der Waals surface area (Å²) in [5, 5.41) is 2.86. The molecule has 1 N–H and O–H groups in total. The number of nitrogens with zero attached hydrogens (tertiary/aromatic N) is 4. The quantitative estimate of drug-likeness (QED) is 0.804. The van der Waals surface area contributed by atoms with Crippen molar-refractivity contribution in [3.8, 4) is 17.4 Å². The Morgan fingerprint density at radius 2 is 2.00 bits per heavy atom. The van der Waals surface area contributed by atoms with Crippen molar-refractivity contribution in [3.05, 3.63) is 35.5 Å². The fourth-order valence-electron chi connectivity index (χ4n) is 3.57. The van der Waals surface area contributed by atoms with Gasteiger partial charge in [0.2, 0.25) is 11.8 Å². The van der Waals surface area contributed by atoms with Crippen LogP contribution in [0.2, 0.25) is 0 Å². The molecule has 1 fully saturated rings. The van der Waals surface area contributed by atoms with E-state index >= 15 is 0 Å². The van der Waals surface area contributed by atoms with Crippen LogP contribution in [0.15, 0.2) is 24.3 Å². The number of rotatable bonds is 5. The number of hydrogen-bond acceptors (Lipinski definition) is 7. The first-order chi connectivity index (χ1) is 14.7. The highest BCUT2D eigenvalue weighted by Crippen LogP contribution is 2.32. The molecule has 2 amide bonds. The van der Waals surface area contributed by atoms with E-state index in [-0.39, 0.29) is 6.03 Å². The minimum absolute atomic E-state index is 0.0901. The van der Waals surface area contributed by atoms with E-state index in [4.69, 9.17) is 24.2 Å². The van der Waals surface area contributed by atoms with Crippen LogP contribution >= 0.6 is 0 Å². The summed E-state index contributed by atoms with van der Waals surface area (Å²) in [5.74, 6) is 2.44. The molecule has 1 saturated heterocycles. The minimum Gasteiger partial charge on any atom is -0.497 e. The number of nitrogens with one attached hydrogen (secondary N) is 1. The SMILES string of the molecule is CCNC(=O)N1CCc2nc(N3CCOCC3)nc(Oc3cccc(OC)c3)c2C1. The molecule has 2 aliphatic rings. The van der Waals surface area contributed by atoms with Gasteiger partial charge in [-0.1, -0.05) is 6.07 Å². The lowest BCUT2D eigenvalue weighted by atomic mass is 10.1. The zero-order chi connectivity index (χ0) is 20.9. The first kappa shape index (κ1) is 20.2. The summed E-state index contributed by atoms with van der Waals surface area (Å²) >= 11 is 0. The highest BCUT2D eigenvalue weighted by Gasteiger charge is 2.28. The summed E-state index contributed by atoms with van der Waals surface area (Å²) in [6.45, 7) is 6.29. The number of hydrogen-bond donors (Lipinski definition) is 1. The number of benzene rings is 1. The molecule has 2 aromatic rings. The van der Waals surface area contributed by atoms with Crippen molar-refractivity contribution in [3.63, 3.8) is 0 Å². The molecule has 9 nitrogen and oxygen atoms in total. The second-order valence-electron chi connectivity index (χ2n) is 7.14. The predicted molar refractivity (Wildman–Crippen MR) is 111 cm³/mol. The van der Waals surface area contributed by atoms with Crippen LogP contribution in [0, 0.1) is 0 Å². The summed E-state index contributed by atoms with van der Waals surface area (Å²) in [6.07, 6.45) is 0.654. The molecule has 1 aromatic heterocycles. The van der Waals surface area contributed by atoms with Crippen molar-refractivity contribution in [2.24, 2.45) is 0 Å². The van der Waals surface area contributed by atoms with Gasteiger partial charge >= 0.3 is 6.03 Å². The van der Waals surface area contributed by atoms with Crippen molar-refractivity contribution < 1.29 is 19.0 Å². The Balaban J connectivity index is 1.68. The molecule has 0 radical (unpaired) electrons. The van der Waals surface area contributed by atoms with Gasteiger partial charge in [-0.2, -0.15) is 4.98 Å². The van der Waals surface area contributed by atoms with Crippen LogP contribution in [0.5, 0.6) is 17.4 Å². The van der Waals surface area contributed by atoms with Crippen molar-refractivity contribution in [2.75, 3.05) is 51.4 Å². The fourth-order valence-corrected chi connectivity index (χ4v) is 3.57. The molecule has 9 heteroatoms. The molecule has 0 saturated carbocycles. The van der Waals surface area contributed by atoms with Crippen molar-refractivity contribution in [1.29, 1.82) is 0 Å². The van der Waals surface area contributed by atoms with Crippen LogP contribution in [-0.2, 0) is 17.7 Å². The lowest BCUT2D eigenvalue weighted by molar-refractivity contribution is 0.122. The Labute approximate surface area is 176 Å². The fraction of sp³-hybridized carbons (Fsp3) is 0.476. The predicted octanol–water partition coefficient (Wildman–Crippen LogP) is 2.20. The molecular formula is C21H27N5O4. The highest BCUT2D eigenvalue weighted by atomic mass is 16.5. The first-order valence-corrected chi connectivity index (χ1v) is 10.2. The summed E-state index contributed by atoms with van der Waals surface area (Å²) in [4.78, 5) is 25.8. The summed E-state index contributed by atoms with van der Waals surface area (Å²) < 4.78 is 17.0. The molecule has 0 atom stereocenters. The van der Waals surface area contributed by atoms with E-state index in [1.165, 1.54) is 0 Å². The summed E-state index contributed by atoms with van der Waals surface area (Å²) in [7, 11) is 1.62. The molecule has 4 rings (SSSR count). The molecule has 0 unspecified atom stereocenters. The average molecular weight is 413 g/mol. The van der Waals surface area contributed by atoms with Gasteiger partial charge in [-0.05, 0) is 19.1 Å². The number of anilines is 1. The van der Waals surface area contributed by atoms with Crippen molar-refractivity contribution in [1.82, 2.24) is 20.2 Å². The molecule has 0 bridgehead atoms. The minimum atomic E-state index is -0.0901. The second-order valence-corrected chi connectivity index (χ2v) is 7.14. The van der Waals surface area contributed by atoms with Crippen LogP contribution in [-0.4, -0.2) is 67.4 Å². The van der Waals surface area contributed by atoms with Gasteiger partial charge in [0.15, 0.2) is 0 Å². The topological polar surface area (TPSA) is 89.1 Å². The number of fused-ring (bicyclic) bond motifs is 1. The Morgan fingerprint density at radius 1 is 1.20 bits per heavy atom. The van der Waals surface area contributed by atoms with Gasteiger partial charge in [-0.3, -0.25) is 0 Å². The lowest BCUT2D eigenvalue weighted by Gasteiger charge is -2.31. The van der Waals surface area contributed by atoms with E-state index in [0.29, 0.717) is 62.6 Å². The molecule has 0 spiro atoms. The Morgan fingerprint density at radius 3 is 2.77 bits per heavy atom. The maximum Gasteiger partial charge on any atom is 0.317 e. The third-order valence-electron chi connectivity index (χ3n) is 5.18. The van der Waals surface area contributed by atoms with Crippen LogP contribution in [0.4, 0.5) is 10.7 Å². The summed E-state index contributed by atoms with van der Waals surface area (Å²) in [5.41, 5.74) is 1.76. The molecule has 3 heterocycles. The van der Waals surface area contributed by atoms with Crippen LogP contribution in [0.1, 0.15) is 18.2 Å². The molecular weight excluding hydrogens is 386 g/mol. The zero-order valence-electron chi connectivity index (χ0n) is 17.4. The Hall–Kier alpha value is -3.07. The molecule has 2 aliphatic heterocycles. The van der Waals surface area contributed by atoms with Crippen molar-refractivity contribution in [2.45, 2.75) is 19.9 Å². The summed E-state index contributed by atoms with van der Waals surface area (Å²) in [6, 6.07) is 7.31. The van der Waals surface area contributed by atoms with Gasteiger partial charge in [0.25, 0.3) is 0 Å². The smallest absolute Gasteiger partial charge is 0.317 e. The monoisotopic (exact) mass is 413 g/mol. The van der Waals surface area contributed by atoms with E-state index in [9.17, 15) is 4.79 Å². The standard InChI is InChI=1S/C21H27N5O4/c1-3-22-21(27)26-8-7-18-17(14-26)19(30-16-6-4-5-15(13-16)28-2)24-20(23-18)25-9-11-29-12-10-25/h4-6,13H,3,7-12,14H2,1-2H3,(H,22,27). The number of urea groups is 1. The van der Waals surface area contributed by atoms with E-state index in [2.05, 4.69) is 10.2 Å². The lowest BCUT2D eigenvalue weighted by Crippen LogP contribution is -2.43. The van der Waals surface area contributed by atoms with Crippen LogP contribution < -0.4 is 19.7 Å². The third kappa shape index (κ3) is 4.40. The molecule has 30 heavy (non-hydrogen) atoms. The molecule has 1 aromatic carbocycles. The van der Waals surface area contributed by atoms with Gasteiger partial charge in [0.05, 0.1) is 38.1 Å². The van der Waals surface area contributed by atoms with E-state index < -0.39 is 0 Å². The van der Waals surface area contributed by atoms with Gasteiger partial charge < -0.3 is 29.3 Å². The normalized spacial score (nSPS) is 16.1. The van der Waals surface area contributed by atoms with Gasteiger partial charge in [0, 0.05) is 38.7 Å². The zero-order valence-corrected chi connectivity index (χ0v) is 17.4. The Kier molecular flexibility index (Phi) is 6.18. The Bertz CT molecular complexity index is 901. The average Bonchev–Trinajstić information content (AvgIpc) is 2.79. The maximum absolute atomic E-state index is 12.4. The first-order valence-electron chi connectivity index (χ1n) is 10.2. The number of carbonyl (C=O) groups is 1. The molecule has 0 aliphatic carbocycles. The number of carbonyl (C=O) groups excluding carboxylic acids is 1. The van der Waals surface area contributed by atoms with E-state index in [0.717, 1.165) is 24.3 Å². The number of aromatic nitrogens is 2. The highest BCUT2D eigenvalue weighted by molar-refractivity contribution is 5.74. The second kappa shape index (κ2) is 9.17. The van der Waals surface area contributed by atoms with Crippen LogP contribution in [0.3, 0.4) is 0 Å². The number of ether oxygens (including phenoxy) is 3. The third-order valence-corrected chi connectivity index (χ3v) is 5.18. The van der Waals surface area contributed by atoms with Gasteiger partial charge in [-0.15, -0.1) is 0 Å². The number of amides is 2. The van der Waals surface area contributed by atoms with E-state index in [1.54, 1.807) is 12.0 Å². The van der Waals surface area contributed by atoms with Crippen LogP contribution in [0.25, 0.3) is 0 Å².